The number of aryl methyl sites for hydroxylation is 1. The third-order valence-corrected chi connectivity index (χ3v) is 6.54. The summed E-state index contributed by atoms with van der Waals surface area (Å²) in [5, 5.41) is 0.305. The molecule has 0 N–H and O–H groups in total. The Morgan fingerprint density at radius 1 is 1.10 bits per heavy atom. The van der Waals surface area contributed by atoms with E-state index in [4.69, 9.17) is 16.3 Å². The fourth-order valence-corrected chi connectivity index (χ4v) is 4.51. The van der Waals surface area contributed by atoms with Crippen LogP contribution < -0.4 is 0 Å². The lowest BCUT2D eigenvalue weighted by Gasteiger charge is -2.18. The molecule has 31 heavy (non-hydrogen) atoms. The quantitative estimate of drug-likeness (QED) is 0.371. The standard InChI is InChI=1S/C21H19ClN2O6S/c1-3-30-19(25)12-18-20(26)23(13-15-6-4-5-7-17(15)22)21(27)24(18)31(28,29)16-10-8-14(2)9-11-16/h4-12H,3,13H2,1-2H3/b18-12-. The number of amides is 3. The molecule has 1 fully saturated rings. The van der Waals surface area contributed by atoms with Crippen molar-refractivity contribution in [1.29, 1.82) is 0 Å². The largest absolute Gasteiger partial charge is 0.463 e. The zero-order valence-corrected chi connectivity index (χ0v) is 18.3. The van der Waals surface area contributed by atoms with E-state index in [2.05, 4.69) is 0 Å². The lowest BCUT2D eigenvalue weighted by molar-refractivity contribution is -0.137. The predicted octanol–water partition coefficient (Wildman–Crippen LogP) is 3.25. The molecule has 1 heterocycles. The Morgan fingerprint density at radius 2 is 1.74 bits per heavy atom. The number of hydrogen-bond acceptors (Lipinski definition) is 6. The summed E-state index contributed by atoms with van der Waals surface area (Å²) in [7, 11) is -4.47. The van der Waals surface area contributed by atoms with Gasteiger partial charge in [0.15, 0.2) is 0 Å². The molecular weight excluding hydrogens is 444 g/mol. The van der Waals surface area contributed by atoms with Crippen molar-refractivity contribution in [3.05, 3.63) is 76.5 Å². The number of esters is 1. The maximum Gasteiger partial charge on any atom is 0.346 e. The minimum atomic E-state index is -4.47. The molecule has 3 amide bonds. The Hall–Kier alpha value is -3.17. The molecule has 2 aromatic carbocycles. The van der Waals surface area contributed by atoms with Crippen molar-refractivity contribution in [2.24, 2.45) is 0 Å². The van der Waals surface area contributed by atoms with Gasteiger partial charge in [-0.25, -0.2) is 18.0 Å². The molecule has 3 rings (SSSR count). The number of carbonyl (C=O) groups excluding carboxylic acids is 3. The van der Waals surface area contributed by atoms with Crippen molar-refractivity contribution in [2.75, 3.05) is 6.61 Å². The van der Waals surface area contributed by atoms with Gasteiger partial charge in [0.1, 0.15) is 5.70 Å². The molecule has 1 aliphatic rings. The molecular formula is C21H19ClN2O6S. The number of urea groups is 1. The third kappa shape index (κ3) is 4.47. The number of nitrogens with zero attached hydrogens (tertiary/aromatic N) is 2. The van der Waals surface area contributed by atoms with Gasteiger partial charge in [-0.05, 0) is 37.6 Å². The van der Waals surface area contributed by atoms with Crippen LogP contribution in [0.25, 0.3) is 0 Å². The summed E-state index contributed by atoms with van der Waals surface area (Å²) in [5.41, 5.74) is 0.637. The number of benzene rings is 2. The van der Waals surface area contributed by atoms with Gasteiger partial charge in [-0.2, -0.15) is 4.31 Å². The van der Waals surface area contributed by atoms with Crippen LogP contribution in [0.5, 0.6) is 0 Å². The molecule has 0 atom stereocenters. The molecule has 0 aromatic heterocycles. The van der Waals surface area contributed by atoms with E-state index in [9.17, 15) is 22.8 Å². The minimum Gasteiger partial charge on any atom is -0.463 e. The van der Waals surface area contributed by atoms with Crippen molar-refractivity contribution in [3.63, 3.8) is 0 Å². The SMILES string of the molecule is CCOC(=O)/C=C1/C(=O)N(Cc2ccccc2Cl)C(=O)N1S(=O)(=O)c1ccc(C)cc1. The van der Waals surface area contributed by atoms with E-state index >= 15 is 0 Å². The van der Waals surface area contributed by atoms with E-state index in [0.717, 1.165) is 10.5 Å². The number of imide groups is 1. The Morgan fingerprint density at radius 3 is 2.35 bits per heavy atom. The van der Waals surface area contributed by atoms with Crippen molar-refractivity contribution in [1.82, 2.24) is 9.21 Å². The number of rotatable bonds is 6. The van der Waals surface area contributed by atoms with Crippen molar-refractivity contribution in [2.45, 2.75) is 25.3 Å². The van der Waals surface area contributed by atoms with Gasteiger partial charge in [0.2, 0.25) is 0 Å². The Bertz CT molecular complexity index is 1170. The molecule has 0 saturated carbocycles. The summed E-state index contributed by atoms with van der Waals surface area (Å²) < 4.78 is 31.6. The van der Waals surface area contributed by atoms with Gasteiger partial charge in [-0.3, -0.25) is 9.69 Å². The van der Waals surface area contributed by atoms with Gasteiger partial charge >= 0.3 is 12.0 Å². The number of ether oxygens (including phenoxy) is 1. The second kappa shape index (κ2) is 8.91. The summed E-state index contributed by atoms with van der Waals surface area (Å²) in [4.78, 5) is 38.6. The van der Waals surface area contributed by atoms with Crippen LogP contribution in [0.1, 0.15) is 18.1 Å². The average molecular weight is 463 g/mol. The van der Waals surface area contributed by atoms with Crippen LogP contribution in [0, 0.1) is 6.92 Å². The van der Waals surface area contributed by atoms with Gasteiger partial charge in [-0.1, -0.05) is 47.5 Å². The monoisotopic (exact) mass is 462 g/mol. The van der Waals surface area contributed by atoms with E-state index in [0.29, 0.717) is 21.0 Å². The average Bonchev–Trinajstić information content (AvgIpc) is 2.94. The van der Waals surface area contributed by atoms with Crippen LogP contribution in [0.4, 0.5) is 4.79 Å². The molecule has 0 aliphatic carbocycles. The maximum atomic E-state index is 13.2. The van der Waals surface area contributed by atoms with E-state index < -0.39 is 33.6 Å². The summed E-state index contributed by atoms with van der Waals surface area (Å²) in [5.74, 6) is -1.89. The highest BCUT2D eigenvalue weighted by Crippen LogP contribution is 2.31. The fourth-order valence-electron chi connectivity index (χ4n) is 2.92. The summed E-state index contributed by atoms with van der Waals surface area (Å²) >= 11 is 6.13. The van der Waals surface area contributed by atoms with Crippen molar-refractivity contribution in [3.8, 4) is 0 Å². The molecule has 10 heteroatoms. The molecule has 1 aliphatic heterocycles. The Labute approximate surface area is 184 Å². The van der Waals surface area contributed by atoms with E-state index in [1.807, 2.05) is 0 Å². The lowest BCUT2D eigenvalue weighted by atomic mass is 10.2. The highest BCUT2D eigenvalue weighted by atomic mass is 35.5. The van der Waals surface area contributed by atoms with Gasteiger partial charge in [0.05, 0.1) is 24.1 Å². The molecule has 0 spiro atoms. The van der Waals surface area contributed by atoms with Gasteiger partial charge in [0, 0.05) is 5.02 Å². The normalized spacial score (nSPS) is 15.6. The molecule has 2 aromatic rings. The number of carbonyl (C=O) groups is 3. The third-order valence-electron chi connectivity index (χ3n) is 4.47. The van der Waals surface area contributed by atoms with Crippen LogP contribution in [0.2, 0.25) is 5.02 Å². The summed E-state index contributed by atoms with van der Waals surface area (Å²) in [6.07, 6.45) is 0.710. The van der Waals surface area contributed by atoms with Gasteiger partial charge in [-0.15, -0.1) is 0 Å². The first-order chi connectivity index (χ1) is 14.7. The number of halogens is 1. The van der Waals surface area contributed by atoms with Gasteiger partial charge < -0.3 is 4.74 Å². The smallest absolute Gasteiger partial charge is 0.346 e. The molecule has 0 unspecified atom stereocenters. The first kappa shape index (κ1) is 22.5. The highest BCUT2D eigenvalue weighted by molar-refractivity contribution is 7.89. The zero-order valence-electron chi connectivity index (χ0n) is 16.7. The Balaban J connectivity index is 2.08. The second-order valence-electron chi connectivity index (χ2n) is 6.63. The number of hydrogen-bond donors (Lipinski definition) is 0. The van der Waals surface area contributed by atoms with Crippen LogP contribution in [0.3, 0.4) is 0 Å². The molecule has 1 saturated heterocycles. The summed E-state index contributed by atoms with van der Waals surface area (Å²) in [6.45, 7) is 3.08. The molecule has 8 nitrogen and oxygen atoms in total. The van der Waals surface area contributed by atoms with Crippen LogP contribution in [-0.4, -0.2) is 42.1 Å². The first-order valence-electron chi connectivity index (χ1n) is 9.26. The highest BCUT2D eigenvalue weighted by Gasteiger charge is 2.48. The maximum absolute atomic E-state index is 13.2. The van der Waals surface area contributed by atoms with E-state index in [-0.39, 0.29) is 18.0 Å². The molecule has 162 valence electrons. The zero-order chi connectivity index (χ0) is 22.8. The fraction of sp³-hybridized carbons (Fsp3) is 0.190. The van der Waals surface area contributed by atoms with Crippen molar-refractivity contribution < 1.29 is 27.5 Å². The first-order valence-corrected chi connectivity index (χ1v) is 11.1. The predicted molar refractivity (Wildman–Crippen MR) is 112 cm³/mol. The second-order valence-corrected chi connectivity index (χ2v) is 8.82. The topological polar surface area (TPSA) is 101 Å². The lowest BCUT2D eigenvalue weighted by Crippen LogP contribution is -2.36. The van der Waals surface area contributed by atoms with Crippen LogP contribution in [0.15, 0.2) is 65.2 Å². The number of sulfonamides is 1. The minimum absolute atomic E-state index is 0.0127. The van der Waals surface area contributed by atoms with E-state index in [1.165, 1.54) is 12.1 Å². The summed E-state index contributed by atoms with van der Waals surface area (Å²) in [6, 6.07) is 11.2. The van der Waals surface area contributed by atoms with Crippen LogP contribution >= 0.6 is 11.6 Å². The van der Waals surface area contributed by atoms with Crippen LogP contribution in [-0.2, 0) is 30.9 Å². The van der Waals surface area contributed by atoms with Crippen molar-refractivity contribution >= 4 is 39.5 Å². The molecule has 0 radical (unpaired) electrons. The van der Waals surface area contributed by atoms with Gasteiger partial charge in [0.25, 0.3) is 15.9 Å². The Kier molecular flexibility index (Phi) is 6.47. The van der Waals surface area contributed by atoms with E-state index in [1.54, 1.807) is 50.2 Å². The molecule has 0 bridgehead atoms.